The summed E-state index contributed by atoms with van der Waals surface area (Å²) in [7, 11) is 0. The summed E-state index contributed by atoms with van der Waals surface area (Å²) in [5, 5.41) is 0.483. The number of alkyl halides is 4. The van der Waals surface area contributed by atoms with Crippen LogP contribution in [-0.4, -0.2) is 11.5 Å². The van der Waals surface area contributed by atoms with Crippen molar-refractivity contribution in [2.75, 3.05) is 5.33 Å². The fourth-order valence-corrected chi connectivity index (χ4v) is 3.01. The molecule has 1 unspecified atom stereocenters. The molecule has 1 rings (SSSR count). The Morgan fingerprint density at radius 2 is 1.71 bits per heavy atom. The summed E-state index contributed by atoms with van der Waals surface area (Å²) in [6.07, 6.45) is 0.729. The van der Waals surface area contributed by atoms with E-state index in [1.165, 1.54) is 6.42 Å². The van der Waals surface area contributed by atoms with Crippen LogP contribution < -0.4 is 0 Å². The summed E-state index contributed by atoms with van der Waals surface area (Å²) in [4.78, 5) is 0. The van der Waals surface area contributed by atoms with Crippen LogP contribution in [0.15, 0.2) is 0 Å². The summed E-state index contributed by atoms with van der Waals surface area (Å²) in [6, 6.07) is 0. The van der Waals surface area contributed by atoms with Gasteiger partial charge in [0.15, 0.2) is 0 Å². The molecule has 0 amide bonds. The molecule has 0 aliphatic heterocycles. The average Bonchev–Trinajstić information content (AvgIpc) is 2.14. The van der Waals surface area contributed by atoms with Gasteiger partial charge >= 0.3 is 6.18 Å². The third-order valence-electron chi connectivity index (χ3n) is 3.01. The van der Waals surface area contributed by atoms with Crippen molar-refractivity contribution >= 4 is 15.9 Å². The van der Waals surface area contributed by atoms with Gasteiger partial charge in [-0.2, -0.15) is 13.2 Å². The van der Waals surface area contributed by atoms with Gasteiger partial charge in [0.25, 0.3) is 0 Å². The normalized spacial score (nSPS) is 22.3. The van der Waals surface area contributed by atoms with Gasteiger partial charge in [-0.3, -0.25) is 0 Å². The molecular formula is C10H16BrF3. The highest BCUT2D eigenvalue weighted by atomic mass is 79.9. The van der Waals surface area contributed by atoms with Crippen LogP contribution >= 0.6 is 15.9 Å². The molecule has 1 fully saturated rings. The molecule has 1 atom stereocenters. The van der Waals surface area contributed by atoms with Gasteiger partial charge in [0.1, 0.15) is 0 Å². The topological polar surface area (TPSA) is 0 Å². The van der Waals surface area contributed by atoms with Crippen molar-refractivity contribution in [3.63, 3.8) is 0 Å². The Hall–Kier alpha value is 0.270. The van der Waals surface area contributed by atoms with Gasteiger partial charge in [0.2, 0.25) is 0 Å². The van der Waals surface area contributed by atoms with Crippen molar-refractivity contribution in [1.82, 2.24) is 0 Å². The summed E-state index contributed by atoms with van der Waals surface area (Å²) in [5.74, 6) is 0.0695. The van der Waals surface area contributed by atoms with E-state index in [2.05, 4.69) is 15.9 Å². The largest absolute Gasteiger partial charge is 0.389 e. The zero-order valence-corrected chi connectivity index (χ0v) is 9.70. The third kappa shape index (κ3) is 4.20. The highest BCUT2D eigenvalue weighted by Crippen LogP contribution is 2.37. The van der Waals surface area contributed by atoms with Gasteiger partial charge in [-0.25, -0.2) is 0 Å². The predicted octanol–water partition coefficient (Wildman–Crippen LogP) is 4.53. The average molecular weight is 273 g/mol. The summed E-state index contributed by atoms with van der Waals surface area (Å²) in [5.41, 5.74) is 0. The van der Waals surface area contributed by atoms with Gasteiger partial charge in [-0.15, -0.1) is 0 Å². The molecule has 1 saturated carbocycles. The molecule has 0 saturated heterocycles. The van der Waals surface area contributed by atoms with Gasteiger partial charge < -0.3 is 0 Å². The number of rotatable bonds is 3. The molecule has 0 nitrogen and oxygen atoms in total. The maximum absolute atomic E-state index is 12.2. The Labute approximate surface area is 91.4 Å². The SMILES string of the molecule is FC(F)(F)CC(CBr)C1CCCCC1. The molecule has 1 aliphatic carbocycles. The minimum absolute atomic E-state index is 0.213. The van der Waals surface area contributed by atoms with Crippen LogP contribution in [0, 0.1) is 11.8 Å². The molecule has 0 aromatic heterocycles. The van der Waals surface area contributed by atoms with Crippen molar-refractivity contribution in [2.45, 2.75) is 44.7 Å². The lowest BCUT2D eigenvalue weighted by Crippen LogP contribution is -2.25. The lowest BCUT2D eigenvalue weighted by Gasteiger charge is -2.29. The van der Waals surface area contributed by atoms with Crippen LogP contribution in [-0.2, 0) is 0 Å². The Morgan fingerprint density at radius 3 is 2.14 bits per heavy atom. The molecule has 1 aliphatic rings. The maximum atomic E-state index is 12.2. The molecular weight excluding hydrogens is 257 g/mol. The smallest absolute Gasteiger partial charge is 0.171 e. The number of hydrogen-bond donors (Lipinski definition) is 0. The van der Waals surface area contributed by atoms with E-state index in [0.717, 1.165) is 25.7 Å². The maximum Gasteiger partial charge on any atom is 0.389 e. The Balaban J connectivity index is 2.43. The zero-order valence-electron chi connectivity index (χ0n) is 8.12. The van der Waals surface area contributed by atoms with Crippen LogP contribution in [0.2, 0.25) is 0 Å². The second-order valence-electron chi connectivity index (χ2n) is 4.13. The molecule has 14 heavy (non-hydrogen) atoms. The summed E-state index contributed by atoms with van der Waals surface area (Å²) >= 11 is 3.20. The van der Waals surface area contributed by atoms with Crippen molar-refractivity contribution in [3.05, 3.63) is 0 Å². The molecule has 0 bridgehead atoms. The van der Waals surface area contributed by atoms with Crippen LogP contribution in [0.3, 0.4) is 0 Å². The first-order chi connectivity index (χ1) is 6.53. The lowest BCUT2D eigenvalue weighted by molar-refractivity contribution is -0.147. The molecule has 0 aromatic rings. The van der Waals surface area contributed by atoms with E-state index in [-0.39, 0.29) is 11.8 Å². The van der Waals surface area contributed by atoms with Gasteiger partial charge in [0, 0.05) is 11.8 Å². The van der Waals surface area contributed by atoms with Crippen LogP contribution in [0.1, 0.15) is 38.5 Å². The Morgan fingerprint density at radius 1 is 1.14 bits per heavy atom. The Bertz CT molecular complexity index is 161. The highest BCUT2D eigenvalue weighted by molar-refractivity contribution is 9.09. The monoisotopic (exact) mass is 272 g/mol. The van der Waals surface area contributed by atoms with E-state index >= 15 is 0 Å². The van der Waals surface area contributed by atoms with E-state index in [1.807, 2.05) is 0 Å². The van der Waals surface area contributed by atoms with E-state index in [1.54, 1.807) is 0 Å². The fraction of sp³-hybridized carbons (Fsp3) is 1.00. The molecule has 0 N–H and O–H groups in total. The Kier molecular flexibility index (Phi) is 4.74. The first-order valence-corrected chi connectivity index (χ1v) is 6.28. The first kappa shape index (κ1) is 12.3. The molecule has 0 heterocycles. The van der Waals surface area contributed by atoms with Crippen LogP contribution in [0.25, 0.3) is 0 Å². The standard InChI is InChI=1S/C10H16BrF3/c11-7-9(6-10(12,13)14)8-4-2-1-3-5-8/h8-9H,1-7H2. The molecule has 0 aromatic carbocycles. The number of halogens is 4. The first-order valence-electron chi connectivity index (χ1n) is 5.15. The lowest BCUT2D eigenvalue weighted by atomic mass is 9.79. The molecule has 84 valence electrons. The fourth-order valence-electron chi connectivity index (χ4n) is 2.25. The third-order valence-corrected chi connectivity index (χ3v) is 3.84. The van der Waals surface area contributed by atoms with Crippen LogP contribution in [0.5, 0.6) is 0 Å². The van der Waals surface area contributed by atoms with Crippen molar-refractivity contribution < 1.29 is 13.2 Å². The summed E-state index contributed by atoms with van der Waals surface area (Å²) < 4.78 is 36.7. The van der Waals surface area contributed by atoms with E-state index in [0.29, 0.717) is 5.33 Å². The number of hydrogen-bond acceptors (Lipinski definition) is 0. The molecule has 4 heteroatoms. The summed E-state index contributed by atoms with van der Waals surface area (Å²) in [6.45, 7) is 0. The second kappa shape index (κ2) is 5.38. The minimum atomic E-state index is -4.00. The minimum Gasteiger partial charge on any atom is -0.171 e. The molecule has 0 spiro atoms. The van der Waals surface area contributed by atoms with Gasteiger partial charge in [-0.1, -0.05) is 48.0 Å². The van der Waals surface area contributed by atoms with Gasteiger partial charge in [-0.05, 0) is 11.8 Å². The predicted molar refractivity (Wildman–Crippen MR) is 54.5 cm³/mol. The second-order valence-corrected chi connectivity index (χ2v) is 4.78. The van der Waals surface area contributed by atoms with E-state index in [4.69, 9.17) is 0 Å². The zero-order chi connectivity index (χ0) is 10.6. The van der Waals surface area contributed by atoms with Gasteiger partial charge in [0.05, 0.1) is 0 Å². The van der Waals surface area contributed by atoms with Crippen molar-refractivity contribution in [3.8, 4) is 0 Å². The van der Waals surface area contributed by atoms with Crippen molar-refractivity contribution in [2.24, 2.45) is 11.8 Å². The quantitative estimate of drug-likeness (QED) is 0.663. The van der Waals surface area contributed by atoms with E-state index < -0.39 is 12.6 Å². The highest BCUT2D eigenvalue weighted by Gasteiger charge is 2.35. The van der Waals surface area contributed by atoms with Crippen LogP contribution in [0.4, 0.5) is 13.2 Å². The molecule has 0 radical (unpaired) electrons. The van der Waals surface area contributed by atoms with Crippen molar-refractivity contribution in [1.29, 1.82) is 0 Å². The van der Waals surface area contributed by atoms with E-state index in [9.17, 15) is 13.2 Å².